The Kier molecular flexibility index (Phi) is 4.55. The Morgan fingerprint density at radius 1 is 1.08 bits per heavy atom. The number of nitrogens with one attached hydrogen (secondary N) is 1. The number of aromatic amines is 1. The summed E-state index contributed by atoms with van der Waals surface area (Å²) in [4.78, 5) is 15.0. The summed E-state index contributed by atoms with van der Waals surface area (Å²) < 4.78 is 0. The Balaban J connectivity index is 1.82. The standard InChI is InChI=1S/C21H22N4S/c1-14-8-6-9-18-17(14)13-25(19-10-5-4-7-15(19)2)20(24-18)16(3)26-21-22-11-12-23-21/h4-13,16,20H,1-3H3,(H,22,23). The van der Waals surface area contributed by atoms with Crippen molar-refractivity contribution in [1.29, 1.82) is 0 Å². The highest BCUT2D eigenvalue weighted by Gasteiger charge is 2.27. The molecule has 0 bridgehead atoms. The van der Waals surface area contributed by atoms with Gasteiger partial charge in [-0.05, 0) is 44.0 Å². The Morgan fingerprint density at radius 3 is 2.65 bits per heavy atom. The van der Waals surface area contributed by atoms with Crippen LogP contribution in [0.15, 0.2) is 65.0 Å². The first-order chi connectivity index (χ1) is 12.6. The largest absolute Gasteiger partial charge is 0.340 e. The molecule has 2 heterocycles. The lowest BCUT2D eigenvalue weighted by Gasteiger charge is -2.34. The zero-order valence-electron chi connectivity index (χ0n) is 15.2. The molecule has 2 unspecified atom stereocenters. The number of fused-ring (bicyclic) bond motifs is 1. The number of benzene rings is 2. The summed E-state index contributed by atoms with van der Waals surface area (Å²) in [7, 11) is 0. The van der Waals surface area contributed by atoms with Crippen LogP contribution < -0.4 is 15.5 Å². The van der Waals surface area contributed by atoms with Gasteiger partial charge in [-0.1, -0.05) is 42.1 Å². The molecule has 5 heteroatoms. The van der Waals surface area contributed by atoms with Gasteiger partial charge >= 0.3 is 0 Å². The molecule has 132 valence electrons. The number of para-hydroxylation sites is 1. The predicted molar refractivity (Wildman–Crippen MR) is 108 cm³/mol. The van der Waals surface area contributed by atoms with Gasteiger partial charge in [-0.3, -0.25) is 4.99 Å². The van der Waals surface area contributed by atoms with Crippen molar-refractivity contribution >= 4 is 23.6 Å². The summed E-state index contributed by atoms with van der Waals surface area (Å²) in [5.74, 6) is 0. The summed E-state index contributed by atoms with van der Waals surface area (Å²) in [6.07, 6.45) is 5.90. The van der Waals surface area contributed by atoms with E-state index in [0.717, 1.165) is 10.5 Å². The highest BCUT2D eigenvalue weighted by molar-refractivity contribution is 7.99. The average molecular weight is 363 g/mol. The molecule has 26 heavy (non-hydrogen) atoms. The van der Waals surface area contributed by atoms with Gasteiger partial charge in [-0.15, -0.1) is 0 Å². The molecule has 2 atom stereocenters. The van der Waals surface area contributed by atoms with E-state index in [1.807, 2.05) is 6.20 Å². The van der Waals surface area contributed by atoms with E-state index < -0.39 is 0 Å². The van der Waals surface area contributed by atoms with E-state index in [1.165, 1.54) is 22.0 Å². The quantitative estimate of drug-likeness (QED) is 0.724. The normalized spacial score (nSPS) is 17.2. The lowest BCUT2D eigenvalue weighted by Crippen LogP contribution is -2.47. The van der Waals surface area contributed by atoms with Crippen molar-refractivity contribution < 1.29 is 0 Å². The summed E-state index contributed by atoms with van der Waals surface area (Å²) in [5, 5.41) is 3.41. The topological polar surface area (TPSA) is 44.3 Å². The molecule has 0 amide bonds. The number of anilines is 1. The van der Waals surface area contributed by atoms with Crippen molar-refractivity contribution in [3.63, 3.8) is 0 Å². The van der Waals surface area contributed by atoms with E-state index >= 15 is 0 Å². The molecule has 0 saturated heterocycles. The van der Waals surface area contributed by atoms with Crippen LogP contribution in [0.1, 0.15) is 18.1 Å². The van der Waals surface area contributed by atoms with Gasteiger partial charge in [-0.2, -0.15) is 0 Å². The molecular weight excluding hydrogens is 340 g/mol. The smallest absolute Gasteiger partial charge is 0.165 e. The van der Waals surface area contributed by atoms with E-state index in [-0.39, 0.29) is 11.4 Å². The second kappa shape index (κ2) is 7.00. The van der Waals surface area contributed by atoms with Crippen LogP contribution >= 0.6 is 11.8 Å². The summed E-state index contributed by atoms with van der Waals surface area (Å²) >= 11 is 1.72. The third kappa shape index (κ3) is 3.15. The third-order valence-electron chi connectivity index (χ3n) is 4.71. The molecule has 4 rings (SSSR count). The molecule has 0 aliphatic carbocycles. The molecule has 0 radical (unpaired) electrons. The number of rotatable bonds is 4. The molecule has 3 aromatic rings. The minimum Gasteiger partial charge on any atom is -0.340 e. The predicted octanol–water partition coefficient (Wildman–Crippen LogP) is 3.41. The molecule has 1 aliphatic rings. The maximum Gasteiger partial charge on any atom is 0.165 e. The third-order valence-corrected chi connectivity index (χ3v) is 5.77. The van der Waals surface area contributed by atoms with E-state index in [4.69, 9.17) is 4.99 Å². The Hall–Kier alpha value is -2.53. The average Bonchev–Trinajstić information content (AvgIpc) is 3.14. The highest BCUT2D eigenvalue weighted by atomic mass is 32.2. The van der Waals surface area contributed by atoms with Crippen molar-refractivity contribution in [2.45, 2.75) is 37.3 Å². The van der Waals surface area contributed by atoms with Crippen molar-refractivity contribution in [3.8, 4) is 0 Å². The second-order valence-corrected chi connectivity index (χ2v) is 7.96. The Bertz CT molecular complexity index is 1030. The first kappa shape index (κ1) is 16.9. The molecule has 0 saturated carbocycles. The number of thioether (sulfide) groups is 1. The van der Waals surface area contributed by atoms with Crippen molar-refractivity contribution in [2.75, 3.05) is 4.90 Å². The van der Waals surface area contributed by atoms with E-state index in [0.29, 0.717) is 0 Å². The van der Waals surface area contributed by atoms with Crippen LogP contribution in [0.2, 0.25) is 0 Å². The summed E-state index contributed by atoms with van der Waals surface area (Å²) in [5.41, 5.74) is 3.69. The van der Waals surface area contributed by atoms with Crippen LogP contribution in [0.25, 0.3) is 6.20 Å². The summed E-state index contributed by atoms with van der Waals surface area (Å²) in [6, 6.07) is 14.8. The molecule has 0 spiro atoms. The van der Waals surface area contributed by atoms with Gasteiger partial charge in [-0.25, -0.2) is 4.98 Å². The molecule has 2 aromatic carbocycles. The molecule has 1 N–H and O–H groups in total. The number of hydrogen-bond acceptors (Lipinski definition) is 4. The highest BCUT2D eigenvalue weighted by Crippen LogP contribution is 2.30. The summed E-state index contributed by atoms with van der Waals surface area (Å²) in [6.45, 7) is 6.50. The molecule has 1 aromatic heterocycles. The number of nitrogens with zero attached hydrogens (tertiary/aromatic N) is 3. The molecule has 1 aliphatic heterocycles. The van der Waals surface area contributed by atoms with Gasteiger partial charge in [0.15, 0.2) is 5.16 Å². The van der Waals surface area contributed by atoms with Crippen molar-refractivity contribution in [1.82, 2.24) is 9.97 Å². The van der Waals surface area contributed by atoms with Crippen molar-refractivity contribution in [2.24, 2.45) is 4.99 Å². The van der Waals surface area contributed by atoms with Gasteiger partial charge in [0.05, 0.1) is 10.6 Å². The van der Waals surface area contributed by atoms with Gasteiger partial charge in [0.2, 0.25) is 0 Å². The van der Waals surface area contributed by atoms with Gasteiger partial charge < -0.3 is 9.88 Å². The van der Waals surface area contributed by atoms with E-state index in [2.05, 4.69) is 84.3 Å². The number of imidazole rings is 1. The number of hydrogen-bond donors (Lipinski definition) is 1. The fraction of sp³-hybridized carbons (Fsp3) is 0.238. The van der Waals surface area contributed by atoms with Crippen molar-refractivity contribution in [3.05, 3.63) is 76.6 Å². The molecular formula is C21H22N4S. The first-order valence-corrected chi connectivity index (χ1v) is 9.67. The van der Waals surface area contributed by atoms with Crippen LogP contribution in [0.5, 0.6) is 0 Å². The zero-order chi connectivity index (χ0) is 18.1. The van der Waals surface area contributed by atoms with Crippen LogP contribution in [-0.2, 0) is 0 Å². The number of aryl methyl sites for hydroxylation is 2. The molecule has 4 nitrogen and oxygen atoms in total. The lowest BCUT2D eigenvalue weighted by atomic mass is 10.1. The Morgan fingerprint density at radius 2 is 1.88 bits per heavy atom. The minimum atomic E-state index is 0.000463. The lowest BCUT2D eigenvalue weighted by molar-refractivity contribution is 0.653. The van der Waals surface area contributed by atoms with Gasteiger partial charge in [0, 0.05) is 29.5 Å². The number of H-pyrrole nitrogens is 1. The van der Waals surface area contributed by atoms with Gasteiger partial charge in [0.1, 0.15) is 6.17 Å². The van der Waals surface area contributed by atoms with Crippen LogP contribution in [0, 0.1) is 13.8 Å². The van der Waals surface area contributed by atoms with Gasteiger partial charge in [0.25, 0.3) is 0 Å². The van der Waals surface area contributed by atoms with E-state index in [9.17, 15) is 0 Å². The van der Waals surface area contributed by atoms with Crippen LogP contribution in [-0.4, -0.2) is 21.4 Å². The first-order valence-electron chi connectivity index (χ1n) is 8.79. The minimum absolute atomic E-state index is 0.000463. The van der Waals surface area contributed by atoms with Crippen LogP contribution in [0.3, 0.4) is 0 Å². The fourth-order valence-corrected chi connectivity index (χ4v) is 4.24. The van der Waals surface area contributed by atoms with Crippen LogP contribution in [0.4, 0.5) is 5.69 Å². The zero-order valence-corrected chi connectivity index (χ0v) is 16.0. The fourth-order valence-electron chi connectivity index (χ4n) is 3.31. The monoisotopic (exact) mass is 362 g/mol. The maximum absolute atomic E-state index is 5.12. The maximum atomic E-state index is 5.12. The SMILES string of the molecule is Cc1ccccc1N1C=c2c(C)cccc2=NC1C(C)Sc1ncc[nH]1. The molecule has 0 fully saturated rings. The number of aromatic nitrogens is 2. The van der Waals surface area contributed by atoms with E-state index in [1.54, 1.807) is 18.0 Å². The second-order valence-electron chi connectivity index (χ2n) is 6.59. The Labute approximate surface area is 157 Å².